The minimum atomic E-state index is -0.290. The molecule has 0 bridgehead atoms. The summed E-state index contributed by atoms with van der Waals surface area (Å²) in [6.07, 6.45) is 0.154. The molecule has 2 aromatic carbocycles. The van der Waals surface area contributed by atoms with Gasteiger partial charge in [0.05, 0.1) is 25.7 Å². The lowest BCUT2D eigenvalue weighted by Crippen LogP contribution is -2.48. The predicted molar refractivity (Wildman–Crippen MR) is 117 cm³/mol. The molecule has 0 spiro atoms. The van der Waals surface area contributed by atoms with Crippen molar-refractivity contribution in [2.75, 3.05) is 43.1 Å². The van der Waals surface area contributed by atoms with Crippen molar-refractivity contribution in [2.24, 2.45) is 0 Å². The monoisotopic (exact) mass is 431 g/mol. The second-order valence-corrected chi connectivity index (χ2v) is 7.37. The number of nitrogens with one attached hydrogen (secondary N) is 2. The third-order valence-corrected chi connectivity index (χ3v) is 4.94. The van der Waals surface area contributed by atoms with Crippen molar-refractivity contribution in [1.29, 1.82) is 0 Å². The van der Waals surface area contributed by atoms with Gasteiger partial charge in [-0.25, -0.2) is 4.79 Å². The highest BCUT2D eigenvalue weighted by Crippen LogP contribution is 2.19. The summed E-state index contributed by atoms with van der Waals surface area (Å²) in [5, 5.41) is 6.23. The molecule has 0 aliphatic carbocycles. The summed E-state index contributed by atoms with van der Waals surface area (Å²) >= 11 is 5.85. The molecule has 1 aliphatic rings. The molecule has 1 atom stereocenters. The summed E-state index contributed by atoms with van der Waals surface area (Å²) in [5.74, 6) is -0.223. The molecule has 8 heteroatoms. The van der Waals surface area contributed by atoms with Crippen molar-refractivity contribution < 1.29 is 19.1 Å². The Labute approximate surface area is 181 Å². The molecular formula is C22H26ClN3O4. The van der Waals surface area contributed by atoms with Gasteiger partial charge in [0, 0.05) is 36.0 Å². The second-order valence-electron chi connectivity index (χ2n) is 6.93. The van der Waals surface area contributed by atoms with Crippen LogP contribution in [0.25, 0.3) is 0 Å². The van der Waals surface area contributed by atoms with Crippen LogP contribution in [0.5, 0.6) is 0 Å². The number of hydrogen-bond donors (Lipinski definition) is 2. The Kier molecular flexibility index (Phi) is 7.93. The number of anilines is 2. The number of morpholine rings is 1. The minimum absolute atomic E-state index is 0.117. The van der Waals surface area contributed by atoms with Crippen LogP contribution >= 0.6 is 11.6 Å². The zero-order valence-corrected chi connectivity index (χ0v) is 17.7. The lowest BCUT2D eigenvalue weighted by atomic mass is 10.1. The molecule has 1 unspecified atom stereocenters. The van der Waals surface area contributed by atoms with Crippen molar-refractivity contribution in [1.82, 2.24) is 5.32 Å². The van der Waals surface area contributed by atoms with Crippen LogP contribution in [0.4, 0.5) is 16.2 Å². The van der Waals surface area contributed by atoms with Gasteiger partial charge in [-0.1, -0.05) is 23.7 Å². The molecule has 0 radical (unpaired) electrons. The first-order valence-electron chi connectivity index (χ1n) is 9.95. The summed E-state index contributed by atoms with van der Waals surface area (Å²) in [6.45, 7) is 4.60. The summed E-state index contributed by atoms with van der Waals surface area (Å²) in [6, 6.07) is 14.5. The van der Waals surface area contributed by atoms with Gasteiger partial charge < -0.3 is 25.0 Å². The lowest BCUT2D eigenvalue weighted by Gasteiger charge is -2.34. The molecule has 2 aromatic rings. The number of ether oxygens (including phenoxy) is 2. The average Bonchev–Trinajstić information content (AvgIpc) is 2.75. The van der Waals surface area contributed by atoms with Crippen LogP contribution in [0.15, 0.2) is 48.5 Å². The number of carbonyl (C=O) groups excluding carboxylic acids is 2. The number of hydrogen-bond acceptors (Lipinski definition) is 5. The fourth-order valence-electron chi connectivity index (χ4n) is 3.20. The van der Waals surface area contributed by atoms with Gasteiger partial charge in [-0.3, -0.25) is 4.79 Å². The van der Waals surface area contributed by atoms with Crippen molar-refractivity contribution in [3.05, 3.63) is 59.1 Å². The van der Waals surface area contributed by atoms with E-state index in [1.54, 1.807) is 31.2 Å². The fourth-order valence-corrected chi connectivity index (χ4v) is 3.32. The Balaban J connectivity index is 1.47. The molecule has 7 nitrogen and oxygen atoms in total. The molecule has 2 amide bonds. The largest absolute Gasteiger partial charge is 0.466 e. The highest BCUT2D eigenvalue weighted by Gasteiger charge is 2.21. The van der Waals surface area contributed by atoms with Gasteiger partial charge in [-0.05, 0) is 48.9 Å². The smallest absolute Gasteiger partial charge is 0.319 e. The van der Waals surface area contributed by atoms with Gasteiger partial charge in [0.15, 0.2) is 0 Å². The molecule has 3 rings (SSSR count). The molecule has 2 N–H and O–H groups in total. The maximum Gasteiger partial charge on any atom is 0.319 e. The Morgan fingerprint density at radius 1 is 1.17 bits per heavy atom. The molecule has 1 aliphatic heterocycles. The fraction of sp³-hybridized carbons (Fsp3) is 0.364. The van der Waals surface area contributed by atoms with Crippen molar-refractivity contribution >= 4 is 35.0 Å². The highest BCUT2D eigenvalue weighted by molar-refractivity contribution is 6.30. The van der Waals surface area contributed by atoms with Crippen LogP contribution in [0.2, 0.25) is 5.02 Å². The number of amides is 2. The van der Waals surface area contributed by atoms with Gasteiger partial charge in [-0.15, -0.1) is 0 Å². The van der Waals surface area contributed by atoms with Crippen LogP contribution in [-0.2, 0) is 20.7 Å². The summed E-state index contributed by atoms with van der Waals surface area (Å²) in [4.78, 5) is 25.9. The molecule has 30 heavy (non-hydrogen) atoms. The van der Waals surface area contributed by atoms with E-state index in [9.17, 15) is 9.59 Å². The molecule has 160 valence electrons. The topological polar surface area (TPSA) is 79.9 Å². The van der Waals surface area contributed by atoms with Gasteiger partial charge in [0.25, 0.3) is 0 Å². The quantitative estimate of drug-likeness (QED) is 0.656. The van der Waals surface area contributed by atoms with Gasteiger partial charge in [-0.2, -0.15) is 0 Å². The average molecular weight is 432 g/mol. The van der Waals surface area contributed by atoms with Crippen molar-refractivity contribution in [3.8, 4) is 0 Å². The van der Waals surface area contributed by atoms with Gasteiger partial charge >= 0.3 is 12.0 Å². The lowest BCUT2D eigenvalue weighted by molar-refractivity contribution is -0.142. The minimum Gasteiger partial charge on any atom is -0.466 e. The maximum absolute atomic E-state index is 12.1. The number of urea groups is 1. The zero-order chi connectivity index (χ0) is 21.3. The normalized spacial score (nSPS) is 16.1. The Morgan fingerprint density at radius 3 is 2.60 bits per heavy atom. The van der Waals surface area contributed by atoms with E-state index in [-0.39, 0.29) is 24.5 Å². The first-order chi connectivity index (χ1) is 14.5. The van der Waals surface area contributed by atoms with Crippen molar-refractivity contribution in [3.63, 3.8) is 0 Å². The number of carbonyl (C=O) groups is 2. The van der Waals surface area contributed by atoms with Crippen LogP contribution in [0.3, 0.4) is 0 Å². The van der Waals surface area contributed by atoms with Gasteiger partial charge in [0.2, 0.25) is 0 Å². The third kappa shape index (κ3) is 6.64. The highest BCUT2D eigenvalue weighted by atomic mass is 35.5. The van der Waals surface area contributed by atoms with E-state index in [0.717, 1.165) is 17.8 Å². The van der Waals surface area contributed by atoms with Crippen LogP contribution in [-0.4, -0.2) is 51.0 Å². The van der Waals surface area contributed by atoms with Crippen LogP contribution in [0.1, 0.15) is 12.5 Å². The first kappa shape index (κ1) is 21.9. The number of benzene rings is 2. The summed E-state index contributed by atoms with van der Waals surface area (Å²) in [7, 11) is 0. The van der Waals surface area contributed by atoms with E-state index in [2.05, 4.69) is 15.5 Å². The van der Waals surface area contributed by atoms with E-state index in [1.807, 2.05) is 24.3 Å². The van der Waals surface area contributed by atoms with E-state index < -0.39 is 0 Å². The standard InChI is InChI=1S/C22H26ClN3O4/c1-2-29-21(27)13-16-3-9-19(10-4-16)26-11-12-30-20(15-26)14-24-22(28)25-18-7-5-17(23)6-8-18/h3-10,20H,2,11-15H2,1H3,(H2,24,25,28). The first-order valence-corrected chi connectivity index (χ1v) is 10.3. The van der Waals surface area contributed by atoms with E-state index in [1.165, 1.54) is 0 Å². The molecule has 0 saturated carbocycles. The number of esters is 1. The van der Waals surface area contributed by atoms with Crippen LogP contribution in [0, 0.1) is 0 Å². The third-order valence-electron chi connectivity index (χ3n) is 4.69. The summed E-state index contributed by atoms with van der Waals surface area (Å²) < 4.78 is 10.8. The predicted octanol–water partition coefficient (Wildman–Crippen LogP) is 3.47. The van der Waals surface area contributed by atoms with Gasteiger partial charge in [0.1, 0.15) is 0 Å². The van der Waals surface area contributed by atoms with E-state index >= 15 is 0 Å². The van der Waals surface area contributed by atoms with Crippen molar-refractivity contribution in [2.45, 2.75) is 19.4 Å². The number of nitrogens with zero attached hydrogens (tertiary/aromatic N) is 1. The SMILES string of the molecule is CCOC(=O)Cc1ccc(N2CCOC(CNC(=O)Nc3ccc(Cl)cc3)C2)cc1. The zero-order valence-electron chi connectivity index (χ0n) is 16.9. The molecule has 1 heterocycles. The molecule has 1 fully saturated rings. The number of halogens is 1. The number of rotatable bonds is 7. The molecular weight excluding hydrogens is 406 g/mol. The Morgan fingerprint density at radius 2 is 1.90 bits per heavy atom. The summed E-state index contributed by atoms with van der Waals surface area (Å²) in [5.41, 5.74) is 2.65. The molecule has 0 aromatic heterocycles. The van der Waals surface area contributed by atoms with E-state index in [4.69, 9.17) is 21.1 Å². The maximum atomic E-state index is 12.1. The van der Waals surface area contributed by atoms with Crippen LogP contribution < -0.4 is 15.5 Å². The van der Waals surface area contributed by atoms with E-state index in [0.29, 0.717) is 37.0 Å². The Hall–Kier alpha value is -2.77. The Bertz CT molecular complexity index is 842. The second kappa shape index (κ2) is 10.8. The molecule has 1 saturated heterocycles.